The first-order valence-corrected chi connectivity index (χ1v) is 5.27. The molecule has 0 atom stereocenters. The molecule has 0 heterocycles. The van der Waals surface area contributed by atoms with Crippen LogP contribution in [0.2, 0.25) is 0 Å². The molecule has 0 aliphatic heterocycles. The first-order chi connectivity index (χ1) is 6.58. The summed E-state index contributed by atoms with van der Waals surface area (Å²) < 4.78 is 5.19. The zero-order valence-corrected chi connectivity index (χ0v) is 8.91. The van der Waals surface area contributed by atoms with Crippen LogP contribution in [0.4, 0.5) is 0 Å². The highest BCUT2D eigenvalue weighted by molar-refractivity contribution is 5.94. The zero-order chi connectivity index (χ0) is 10.6. The number of ether oxygens (including phenoxy) is 1. The Kier molecular flexibility index (Phi) is 4.11. The van der Waals surface area contributed by atoms with E-state index in [0.717, 1.165) is 31.6 Å². The highest BCUT2D eigenvalue weighted by atomic mass is 16.5. The Labute approximate surface area is 84.8 Å². The van der Waals surface area contributed by atoms with Gasteiger partial charge in [-0.3, -0.25) is 9.59 Å². The minimum Gasteiger partial charge on any atom is -0.462 e. The maximum absolute atomic E-state index is 11.2. The third kappa shape index (κ3) is 3.90. The maximum atomic E-state index is 11.2. The molecular formula is C11H18O3. The fraction of sp³-hybridized carbons (Fsp3) is 0.818. The summed E-state index contributed by atoms with van der Waals surface area (Å²) in [4.78, 5) is 21.8. The maximum Gasteiger partial charge on any atom is 0.313 e. The Morgan fingerprint density at radius 2 is 1.79 bits per heavy atom. The van der Waals surface area contributed by atoms with Crippen LogP contribution in [0.15, 0.2) is 0 Å². The van der Waals surface area contributed by atoms with E-state index in [9.17, 15) is 9.59 Å². The molecule has 0 bridgehead atoms. The van der Waals surface area contributed by atoms with E-state index in [1.54, 1.807) is 0 Å². The predicted molar refractivity (Wildman–Crippen MR) is 52.8 cm³/mol. The first-order valence-electron chi connectivity index (χ1n) is 5.27. The number of carbonyl (C=O) groups is 2. The third-order valence-electron chi connectivity index (χ3n) is 2.65. The van der Waals surface area contributed by atoms with Gasteiger partial charge in [-0.15, -0.1) is 0 Å². The molecule has 3 nitrogen and oxygen atoms in total. The van der Waals surface area contributed by atoms with E-state index in [-0.39, 0.29) is 24.3 Å². The summed E-state index contributed by atoms with van der Waals surface area (Å²) in [5.74, 6) is 0.258. The molecule has 1 fully saturated rings. The molecule has 0 saturated heterocycles. The Morgan fingerprint density at radius 3 is 2.29 bits per heavy atom. The van der Waals surface area contributed by atoms with Gasteiger partial charge in [-0.05, 0) is 38.5 Å². The molecule has 0 aromatic heterocycles. The van der Waals surface area contributed by atoms with Gasteiger partial charge in [0.25, 0.3) is 0 Å². The number of rotatable bonds is 3. The lowest BCUT2D eigenvalue weighted by molar-refractivity contribution is -0.152. The molecular weight excluding hydrogens is 180 g/mol. The van der Waals surface area contributed by atoms with Gasteiger partial charge in [0.1, 0.15) is 18.3 Å². The average molecular weight is 198 g/mol. The van der Waals surface area contributed by atoms with Gasteiger partial charge in [-0.25, -0.2) is 0 Å². The molecule has 1 rings (SSSR count). The van der Waals surface area contributed by atoms with E-state index in [4.69, 9.17) is 4.74 Å². The Morgan fingerprint density at radius 1 is 1.21 bits per heavy atom. The van der Waals surface area contributed by atoms with Crippen LogP contribution in [-0.4, -0.2) is 17.9 Å². The van der Waals surface area contributed by atoms with Crippen LogP contribution in [0, 0.1) is 5.92 Å². The Hall–Kier alpha value is -0.860. The van der Waals surface area contributed by atoms with Gasteiger partial charge in [0.05, 0.1) is 0 Å². The SMILES string of the molecule is CC(=O)CC(=O)OC1CCC(C)CC1. The van der Waals surface area contributed by atoms with Crippen LogP contribution >= 0.6 is 0 Å². The van der Waals surface area contributed by atoms with Crippen LogP contribution < -0.4 is 0 Å². The lowest BCUT2D eigenvalue weighted by Crippen LogP contribution is -2.24. The summed E-state index contributed by atoms with van der Waals surface area (Å²) in [6.07, 6.45) is 4.12. The zero-order valence-electron chi connectivity index (χ0n) is 8.91. The molecule has 0 unspecified atom stereocenters. The number of hydrogen-bond donors (Lipinski definition) is 0. The molecule has 80 valence electrons. The quantitative estimate of drug-likeness (QED) is 0.515. The highest BCUT2D eigenvalue weighted by Gasteiger charge is 2.21. The van der Waals surface area contributed by atoms with Crippen molar-refractivity contribution in [2.45, 2.75) is 52.1 Å². The molecule has 1 aliphatic rings. The second-order valence-corrected chi connectivity index (χ2v) is 4.25. The van der Waals surface area contributed by atoms with E-state index in [1.807, 2.05) is 0 Å². The molecule has 0 radical (unpaired) electrons. The molecule has 3 heteroatoms. The number of ketones is 1. The molecule has 0 N–H and O–H groups in total. The van der Waals surface area contributed by atoms with Crippen molar-refractivity contribution in [3.05, 3.63) is 0 Å². The molecule has 0 spiro atoms. The largest absolute Gasteiger partial charge is 0.462 e. The van der Waals surface area contributed by atoms with E-state index >= 15 is 0 Å². The fourth-order valence-electron chi connectivity index (χ4n) is 1.78. The van der Waals surface area contributed by atoms with Crippen molar-refractivity contribution in [2.75, 3.05) is 0 Å². The van der Waals surface area contributed by atoms with Gasteiger partial charge in [-0.2, -0.15) is 0 Å². The lowest BCUT2D eigenvalue weighted by Gasteiger charge is -2.25. The van der Waals surface area contributed by atoms with Gasteiger partial charge in [0.15, 0.2) is 0 Å². The third-order valence-corrected chi connectivity index (χ3v) is 2.65. The second kappa shape index (κ2) is 5.13. The minimum absolute atomic E-state index is 0.0537. The van der Waals surface area contributed by atoms with Gasteiger partial charge in [0, 0.05) is 0 Å². The summed E-state index contributed by atoms with van der Waals surface area (Å²) in [6, 6.07) is 0. The van der Waals surface area contributed by atoms with Gasteiger partial charge in [-0.1, -0.05) is 6.92 Å². The number of hydrogen-bond acceptors (Lipinski definition) is 3. The Balaban J connectivity index is 2.24. The molecule has 14 heavy (non-hydrogen) atoms. The number of esters is 1. The van der Waals surface area contributed by atoms with Gasteiger partial charge in [0.2, 0.25) is 0 Å². The molecule has 0 aromatic rings. The first kappa shape index (κ1) is 11.2. The van der Waals surface area contributed by atoms with Crippen molar-refractivity contribution in [3.63, 3.8) is 0 Å². The molecule has 0 amide bonds. The molecule has 0 aromatic carbocycles. The average Bonchev–Trinajstić information content (AvgIpc) is 2.07. The van der Waals surface area contributed by atoms with Crippen molar-refractivity contribution >= 4 is 11.8 Å². The van der Waals surface area contributed by atoms with Crippen LogP contribution in [0.5, 0.6) is 0 Å². The molecule has 1 aliphatic carbocycles. The monoisotopic (exact) mass is 198 g/mol. The number of Topliss-reactive ketones (excluding diaryl/α,β-unsaturated/α-hetero) is 1. The second-order valence-electron chi connectivity index (χ2n) is 4.25. The van der Waals surface area contributed by atoms with Crippen molar-refractivity contribution in [1.82, 2.24) is 0 Å². The topological polar surface area (TPSA) is 43.4 Å². The summed E-state index contributed by atoms with van der Waals surface area (Å²) in [7, 11) is 0. The van der Waals surface area contributed by atoms with Crippen LogP contribution in [-0.2, 0) is 14.3 Å². The van der Waals surface area contributed by atoms with E-state index < -0.39 is 0 Å². The normalized spacial score (nSPS) is 27.0. The summed E-state index contributed by atoms with van der Waals surface area (Å²) in [5, 5.41) is 0. The summed E-state index contributed by atoms with van der Waals surface area (Å²) >= 11 is 0. The van der Waals surface area contributed by atoms with Crippen LogP contribution in [0.25, 0.3) is 0 Å². The van der Waals surface area contributed by atoms with Crippen LogP contribution in [0.1, 0.15) is 46.0 Å². The van der Waals surface area contributed by atoms with Crippen molar-refractivity contribution in [2.24, 2.45) is 5.92 Å². The van der Waals surface area contributed by atoms with E-state index in [0.29, 0.717) is 0 Å². The molecule has 1 saturated carbocycles. The standard InChI is InChI=1S/C11H18O3/c1-8-3-5-10(6-4-8)14-11(13)7-9(2)12/h8,10H,3-7H2,1-2H3. The van der Waals surface area contributed by atoms with Gasteiger partial charge >= 0.3 is 5.97 Å². The van der Waals surface area contributed by atoms with E-state index in [1.165, 1.54) is 6.92 Å². The summed E-state index contributed by atoms with van der Waals surface area (Å²) in [5.41, 5.74) is 0. The van der Waals surface area contributed by atoms with E-state index in [2.05, 4.69) is 6.92 Å². The lowest BCUT2D eigenvalue weighted by atomic mass is 9.89. The summed E-state index contributed by atoms with van der Waals surface area (Å²) in [6.45, 7) is 3.62. The van der Waals surface area contributed by atoms with Crippen LogP contribution in [0.3, 0.4) is 0 Å². The van der Waals surface area contributed by atoms with Crippen molar-refractivity contribution in [3.8, 4) is 0 Å². The fourth-order valence-corrected chi connectivity index (χ4v) is 1.78. The minimum atomic E-state index is -0.364. The predicted octanol–water partition coefficient (Wildman–Crippen LogP) is 2.09. The highest BCUT2D eigenvalue weighted by Crippen LogP contribution is 2.25. The van der Waals surface area contributed by atoms with Gasteiger partial charge < -0.3 is 4.74 Å². The number of carbonyl (C=O) groups excluding carboxylic acids is 2. The van der Waals surface area contributed by atoms with Crippen molar-refractivity contribution in [1.29, 1.82) is 0 Å². The Bertz CT molecular complexity index is 215. The van der Waals surface area contributed by atoms with Crippen molar-refractivity contribution < 1.29 is 14.3 Å². The smallest absolute Gasteiger partial charge is 0.313 e.